The van der Waals surface area contributed by atoms with Gasteiger partial charge in [0.05, 0.1) is 12.8 Å². The number of nitrogens with one attached hydrogen (secondary N) is 2. The standard InChI is InChI=1S/C14H20N2O4/c1-9(17)15-10-6-7-12(19-5)11(8-10)16-13(18)20-14(2,3)4/h6-8H,1-5H3,(H,15,17)(H,16,18). The number of carbonyl (C=O) groups is 2. The molecule has 0 atom stereocenters. The van der Waals surface area contributed by atoms with Crippen molar-refractivity contribution in [2.75, 3.05) is 17.7 Å². The third-order valence-electron chi connectivity index (χ3n) is 2.16. The van der Waals surface area contributed by atoms with Crippen LogP contribution in [0.1, 0.15) is 27.7 Å². The predicted octanol–water partition coefficient (Wildman–Crippen LogP) is 3.00. The van der Waals surface area contributed by atoms with Gasteiger partial charge in [-0.15, -0.1) is 0 Å². The molecule has 6 heteroatoms. The van der Waals surface area contributed by atoms with Crippen molar-refractivity contribution in [2.24, 2.45) is 0 Å². The molecule has 0 saturated carbocycles. The molecule has 110 valence electrons. The van der Waals surface area contributed by atoms with E-state index in [4.69, 9.17) is 9.47 Å². The lowest BCUT2D eigenvalue weighted by molar-refractivity contribution is -0.114. The number of anilines is 2. The Labute approximate surface area is 118 Å². The highest BCUT2D eigenvalue weighted by Crippen LogP contribution is 2.28. The zero-order chi connectivity index (χ0) is 15.3. The minimum atomic E-state index is -0.591. The molecule has 6 nitrogen and oxygen atoms in total. The molecule has 1 aromatic carbocycles. The van der Waals surface area contributed by atoms with Gasteiger partial charge in [-0.2, -0.15) is 0 Å². The van der Waals surface area contributed by atoms with E-state index in [0.717, 1.165) is 0 Å². The Bertz CT molecular complexity index is 506. The van der Waals surface area contributed by atoms with Gasteiger partial charge in [0.1, 0.15) is 11.4 Å². The van der Waals surface area contributed by atoms with Crippen LogP contribution in [0.5, 0.6) is 5.75 Å². The molecule has 0 aromatic heterocycles. The second-order valence-electron chi connectivity index (χ2n) is 5.22. The topological polar surface area (TPSA) is 76.7 Å². The maximum Gasteiger partial charge on any atom is 0.412 e. The molecule has 0 aliphatic carbocycles. The summed E-state index contributed by atoms with van der Waals surface area (Å²) in [6.45, 7) is 6.73. The fourth-order valence-corrected chi connectivity index (χ4v) is 1.50. The van der Waals surface area contributed by atoms with Gasteiger partial charge in [-0.05, 0) is 39.0 Å². The molecule has 0 bridgehead atoms. The van der Waals surface area contributed by atoms with Crippen molar-refractivity contribution >= 4 is 23.4 Å². The van der Waals surface area contributed by atoms with Crippen LogP contribution in [-0.2, 0) is 9.53 Å². The summed E-state index contributed by atoms with van der Waals surface area (Å²) in [5.41, 5.74) is 0.393. The zero-order valence-electron chi connectivity index (χ0n) is 12.4. The summed E-state index contributed by atoms with van der Waals surface area (Å²) >= 11 is 0. The van der Waals surface area contributed by atoms with Gasteiger partial charge in [0, 0.05) is 12.6 Å². The molecule has 0 fully saturated rings. The van der Waals surface area contributed by atoms with Crippen molar-refractivity contribution in [1.82, 2.24) is 0 Å². The second-order valence-corrected chi connectivity index (χ2v) is 5.22. The zero-order valence-corrected chi connectivity index (χ0v) is 12.4. The average Bonchev–Trinajstić information content (AvgIpc) is 2.25. The average molecular weight is 280 g/mol. The molecular formula is C14H20N2O4. The van der Waals surface area contributed by atoms with Crippen LogP contribution >= 0.6 is 0 Å². The molecule has 0 saturated heterocycles. The molecule has 2 amide bonds. The maximum atomic E-state index is 11.8. The van der Waals surface area contributed by atoms with Gasteiger partial charge in [0.15, 0.2) is 0 Å². The van der Waals surface area contributed by atoms with Crippen molar-refractivity contribution < 1.29 is 19.1 Å². The summed E-state index contributed by atoms with van der Waals surface area (Å²) in [7, 11) is 1.49. The van der Waals surface area contributed by atoms with Gasteiger partial charge >= 0.3 is 6.09 Å². The predicted molar refractivity (Wildman–Crippen MR) is 77.2 cm³/mol. The van der Waals surface area contributed by atoms with E-state index in [9.17, 15) is 9.59 Å². The Morgan fingerprint density at radius 2 is 1.80 bits per heavy atom. The first-order valence-electron chi connectivity index (χ1n) is 6.17. The summed E-state index contributed by atoms with van der Waals surface area (Å²) in [4.78, 5) is 22.8. The first-order chi connectivity index (χ1) is 9.21. The highest BCUT2D eigenvalue weighted by molar-refractivity contribution is 5.92. The maximum absolute atomic E-state index is 11.8. The van der Waals surface area contributed by atoms with Crippen LogP contribution in [0.15, 0.2) is 18.2 Å². The quantitative estimate of drug-likeness (QED) is 0.892. The number of benzene rings is 1. The lowest BCUT2D eigenvalue weighted by Crippen LogP contribution is -2.27. The van der Waals surface area contributed by atoms with Crippen LogP contribution in [0.3, 0.4) is 0 Å². The third-order valence-corrected chi connectivity index (χ3v) is 2.16. The minimum absolute atomic E-state index is 0.196. The number of hydrogen-bond donors (Lipinski definition) is 2. The van der Waals surface area contributed by atoms with E-state index in [1.807, 2.05) is 0 Å². The van der Waals surface area contributed by atoms with E-state index in [1.165, 1.54) is 14.0 Å². The van der Waals surface area contributed by atoms with E-state index >= 15 is 0 Å². The molecule has 0 unspecified atom stereocenters. The van der Waals surface area contributed by atoms with Crippen LogP contribution in [0.4, 0.5) is 16.2 Å². The molecule has 0 radical (unpaired) electrons. The first-order valence-corrected chi connectivity index (χ1v) is 6.17. The highest BCUT2D eigenvalue weighted by atomic mass is 16.6. The third kappa shape index (κ3) is 5.17. The molecule has 2 N–H and O–H groups in total. The lowest BCUT2D eigenvalue weighted by atomic mass is 10.2. The van der Waals surface area contributed by atoms with Crippen molar-refractivity contribution in [3.63, 3.8) is 0 Å². The summed E-state index contributed by atoms with van der Waals surface area (Å²) in [6, 6.07) is 4.93. The summed E-state index contributed by atoms with van der Waals surface area (Å²) in [5, 5.41) is 5.23. The van der Waals surface area contributed by atoms with Gasteiger partial charge in [-0.3, -0.25) is 10.1 Å². The first kappa shape index (κ1) is 15.8. The lowest BCUT2D eigenvalue weighted by Gasteiger charge is -2.20. The highest BCUT2D eigenvalue weighted by Gasteiger charge is 2.17. The molecule has 0 aliphatic rings. The molecule has 20 heavy (non-hydrogen) atoms. The monoisotopic (exact) mass is 280 g/mol. The normalized spacial score (nSPS) is 10.7. The van der Waals surface area contributed by atoms with Crippen LogP contribution in [0.25, 0.3) is 0 Å². The molecule has 0 heterocycles. The van der Waals surface area contributed by atoms with Crippen molar-refractivity contribution in [3.8, 4) is 5.75 Å². The molecule has 0 spiro atoms. The van der Waals surface area contributed by atoms with Crippen molar-refractivity contribution in [1.29, 1.82) is 0 Å². The number of hydrogen-bond acceptors (Lipinski definition) is 4. The van der Waals surface area contributed by atoms with Crippen LogP contribution in [0.2, 0.25) is 0 Å². The van der Waals surface area contributed by atoms with Gasteiger partial charge in [-0.1, -0.05) is 0 Å². The number of ether oxygens (including phenoxy) is 2. The minimum Gasteiger partial charge on any atom is -0.495 e. The van der Waals surface area contributed by atoms with E-state index < -0.39 is 11.7 Å². The molecule has 0 aliphatic heterocycles. The fraction of sp³-hybridized carbons (Fsp3) is 0.429. The van der Waals surface area contributed by atoms with E-state index in [2.05, 4.69) is 10.6 Å². The molecular weight excluding hydrogens is 260 g/mol. The summed E-state index contributed by atoms with van der Waals surface area (Å²) in [6.07, 6.45) is -0.587. The Morgan fingerprint density at radius 1 is 1.15 bits per heavy atom. The van der Waals surface area contributed by atoms with Crippen LogP contribution in [0, 0.1) is 0 Å². The van der Waals surface area contributed by atoms with Gasteiger partial charge in [0.25, 0.3) is 0 Å². The van der Waals surface area contributed by atoms with E-state index in [1.54, 1.807) is 39.0 Å². The van der Waals surface area contributed by atoms with Crippen molar-refractivity contribution in [2.45, 2.75) is 33.3 Å². The van der Waals surface area contributed by atoms with Crippen molar-refractivity contribution in [3.05, 3.63) is 18.2 Å². The Morgan fingerprint density at radius 3 is 2.30 bits per heavy atom. The van der Waals surface area contributed by atoms with Gasteiger partial charge < -0.3 is 14.8 Å². The Hall–Kier alpha value is -2.24. The van der Waals surface area contributed by atoms with Gasteiger partial charge in [0.2, 0.25) is 5.91 Å². The summed E-state index contributed by atoms with van der Waals surface area (Å²) < 4.78 is 10.3. The number of rotatable bonds is 3. The SMILES string of the molecule is COc1ccc(NC(C)=O)cc1NC(=O)OC(C)(C)C. The summed E-state index contributed by atoms with van der Waals surface area (Å²) in [5.74, 6) is 0.281. The van der Waals surface area contributed by atoms with Crippen LogP contribution in [-0.4, -0.2) is 24.7 Å². The van der Waals surface area contributed by atoms with Crippen LogP contribution < -0.4 is 15.4 Å². The molecule has 1 rings (SSSR count). The molecule has 1 aromatic rings. The Kier molecular flexibility index (Phi) is 4.96. The van der Waals surface area contributed by atoms with Gasteiger partial charge in [-0.25, -0.2) is 4.79 Å². The fourth-order valence-electron chi connectivity index (χ4n) is 1.50. The second kappa shape index (κ2) is 6.27. The van der Waals surface area contributed by atoms with E-state index in [-0.39, 0.29) is 5.91 Å². The Balaban J connectivity index is 2.91. The smallest absolute Gasteiger partial charge is 0.412 e. The number of carbonyl (C=O) groups excluding carboxylic acids is 2. The number of methoxy groups -OCH3 is 1. The van der Waals surface area contributed by atoms with E-state index in [0.29, 0.717) is 17.1 Å². The number of amides is 2. The largest absolute Gasteiger partial charge is 0.495 e.